The summed E-state index contributed by atoms with van der Waals surface area (Å²) in [5, 5.41) is 14.8. The zero-order valence-corrected chi connectivity index (χ0v) is 13.1. The predicted octanol–water partition coefficient (Wildman–Crippen LogP) is 2.39. The Bertz CT molecular complexity index is 873. The van der Waals surface area contributed by atoms with Gasteiger partial charge >= 0.3 is 5.91 Å². The van der Waals surface area contributed by atoms with E-state index in [1.54, 1.807) is 12.1 Å². The molecule has 0 aliphatic heterocycles. The Kier molecular flexibility index (Phi) is 4.87. The lowest BCUT2D eigenvalue weighted by Gasteiger charge is -2.05. The van der Waals surface area contributed by atoms with Gasteiger partial charge in [-0.15, -0.1) is 0 Å². The first-order valence-corrected chi connectivity index (χ1v) is 7.51. The first-order valence-electron chi connectivity index (χ1n) is 7.51. The summed E-state index contributed by atoms with van der Waals surface area (Å²) in [5.41, 5.74) is 4.42. The number of hydrogen-bond donors (Lipinski definition) is 3. The van der Waals surface area contributed by atoms with Crippen molar-refractivity contribution in [3.05, 3.63) is 77.7 Å². The number of hydroxylamine groups is 1. The predicted molar refractivity (Wildman–Crippen MR) is 88.8 cm³/mol. The molecule has 2 aromatic carbocycles. The fourth-order valence-corrected chi connectivity index (χ4v) is 2.27. The van der Waals surface area contributed by atoms with Crippen molar-refractivity contribution in [1.82, 2.24) is 16.0 Å². The SMILES string of the molecule is O=C(NCc1cc(C(=O)NO)on1)c1ccc(-c2ccccc2)cc1. The number of nitrogens with one attached hydrogen (secondary N) is 2. The Hall–Kier alpha value is -3.45. The molecule has 0 spiro atoms. The van der Waals surface area contributed by atoms with E-state index in [1.807, 2.05) is 42.5 Å². The lowest BCUT2D eigenvalue weighted by atomic mass is 10.0. The molecule has 3 rings (SSSR count). The van der Waals surface area contributed by atoms with Crippen LogP contribution in [0.4, 0.5) is 0 Å². The lowest BCUT2D eigenvalue weighted by molar-refractivity contribution is 0.0666. The Balaban J connectivity index is 1.62. The normalized spacial score (nSPS) is 10.3. The summed E-state index contributed by atoms with van der Waals surface area (Å²) in [4.78, 5) is 23.3. The van der Waals surface area contributed by atoms with Crippen LogP contribution < -0.4 is 10.8 Å². The molecular weight excluding hydrogens is 322 g/mol. The molecular formula is C18H15N3O4. The van der Waals surface area contributed by atoms with Crippen molar-refractivity contribution in [3.63, 3.8) is 0 Å². The van der Waals surface area contributed by atoms with Crippen molar-refractivity contribution in [2.24, 2.45) is 0 Å². The van der Waals surface area contributed by atoms with E-state index >= 15 is 0 Å². The number of carbonyl (C=O) groups excluding carboxylic acids is 2. The standard InChI is InChI=1S/C18H15N3O4/c22-17(19-11-15-10-16(25-21-15)18(23)20-24)14-8-6-13(7-9-14)12-4-2-1-3-5-12/h1-10,24H,11H2,(H,19,22)(H,20,23). The van der Waals surface area contributed by atoms with Gasteiger partial charge in [0.2, 0.25) is 5.76 Å². The molecule has 0 fully saturated rings. The molecule has 7 heteroatoms. The van der Waals surface area contributed by atoms with Crippen LogP contribution >= 0.6 is 0 Å². The van der Waals surface area contributed by atoms with E-state index in [4.69, 9.17) is 9.73 Å². The fraction of sp³-hybridized carbons (Fsp3) is 0.0556. The van der Waals surface area contributed by atoms with Gasteiger partial charge in [0.05, 0.1) is 6.54 Å². The van der Waals surface area contributed by atoms with Gasteiger partial charge in [-0.1, -0.05) is 47.6 Å². The first-order chi connectivity index (χ1) is 12.2. The van der Waals surface area contributed by atoms with Crippen LogP contribution in [0.1, 0.15) is 26.6 Å². The minimum atomic E-state index is -0.804. The van der Waals surface area contributed by atoms with Gasteiger partial charge in [-0.2, -0.15) is 0 Å². The van der Waals surface area contributed by atoms with Crippen molar-refractivity contribution in [2.75, 3.05) is 0 Å². The molecule has 1 aromatic heterocycles. The van der Waals surface area contributed by atoms with Crippen LogP contribution in [0.5, 0.6) is 0 Å². The summed E-state index contributed by atoms with van der Waals surface area (Å²) in [7, 11) is 0. The highest BCUT2D eigenvalue weighted by Crippen LogP contribution is 2.19. The summed E-state index contributed by atoms with van der Waals surface area (Å²) in [6.45, 7) is 0.0987. The van der Waals surface area contributed by atoms with Gasteiger partial charge < -0.3 is 9.84 Å². The van der Waals surface area contributed by atoms with Crippen LogP contribution in [0.25, 0.3) is 11.1 Å². The zero-order valence-electron chi connectivity index (χ0n) is 13.1. The van der Waals surface area contributed by atoms with Gasteiger partial charge in [0, 0.05) is 11.6 Å². The van der Waals surface area contributed by atoms with Crippen molar-refractivity contribution in [2.45, 2.75) is 6.54 Å². The largest absolute Gasteiger partial charge is 0.351 e. The molecule has 0 atom stereocenters. The smallest absolute Gasteiger partial charge is 0.313 e. The number of rotatable bonds is 5. The average molecular weight is 337 g/mol. The highest BCUT2D eigenvalue weighted by atomic mass is 16.5. The first kappa shape index (κ1) is 16.4. The number of carbonyl (C=O) groups is 2. The third-order valence-electron chi connectivity index (χ3n) is 3.57. The molecule has 2 amide bonds. The van der Waals surface area contributed by atoms with Crippen molar-refractivity contribution >= 4 is 11.8 Å². The van der Waals surface area contributed by atoms with Crippen molar-refractivity contribution in [1.29, 1.82) is 0 Å². The summed E-state index contributed by atoms with van der Waals surface area (Å²) in [6.07, 6.45) is 0. The number of nitrogens with zero attached hydrogens (tertiary/aromatic N) is 1. The van der Waals surface area contributed by atoms with Gasteiger partial charge in [0.25, 0.3) is 5.91 Å². The average Bonchev–Trinajstić information content (AvgIpc) is 3.15. The number of amides is 2. The quantitative estimate of drug-likeness (QED) is 0.490. The van der Waals surface area contributed by atoms with Crippen LogP contribution in [0.2, 0.25) is 0 Å². The Labute approximate surface area is 143 Å². The number of hydrogen-bond acceptors (Lipinski definition) is 5. The molecule has 0 bridgehead atoms. The van der Waals surface area contributed by atoms with Gasteiger partial charge in [0.15, 0.2) is 0 Å². The molecule has 0 radical (unpaired) electrons. The minimum absolute atomic E-state index is 0.0987. The number of benzene rings is 2. The van der Waals surface area contributed by atoms with Crippen molar-refractivity contribution < 1.29 is 19.3 Å². The molecule has 0 saturated carbocycles. The van der Waals surface area contributed by atoms with Gasteiger partial charge in [-0.05, 0) is 23.3 Å². The van der Waals surface area contributed by atoms with E-state index in [1.165, 1.54) is 11.5 Å². The third-order valence-corrected chi connectivity index (χ3v) is 3.57. The van der Waals surface area contributed by atoms with Crippen LogP contribution in [0.3, 0.4) is 0 Å². The van der Waals surface area contributed by atoms with Crippen LogP contribution in [0.15, 0.2) is 65.2 Å². The zero-order chi connectivity index (χ0) is 17.6. The topological polar surface area (TPSA) is 104 Å². The fourth-order valence-electron chi connectivity index (χ4n) is 2.27. The van der Waals surface area contributed by atoms with Gasteiger partial charge in [-0.3, -0.25) is 14.8 Å². The third kappa shape index (κ3) is 3.91. The monoisotopic (exact) mass is 337 g/mol. The molecule has 0 aliphatic carbocycles. The van der Waals surface area contributed by atoms with Crippen molar-refractivity contribution in [3.8, 4) is 11.1 Å². The van der Waals surface area contributed by atoms with E-state index < -0.39 is 5.91 Å². The summed E-state index contributed by atoms with van der Waals surface area (Å²) in [5.74, 6) is -1.21. The second kappa shape index (κ2) is 7.41. The Morgan fingerprint density at radius 1 is 0.960 bits per heavy atom. The van der Waals surface area contributed by atoms with E-state index in [-0.39, 0.29) is 18.2 Å². The number of aromatic nitrogens is 1. The molecule has 1 heterocycles. The molecule has 25 heavy (non-hydrogen) atoms. The summed E-state index contributed by atoms with van der Waals surface area (Å²) in [6, 6.07) is 18.4. The molecule has 3 aromatic rings. The maximum absolute atomic E-state index is 12.2. The maximum atomic E-state index is 12.2. The molecule has 126 valence electrons. The molecule has 0 aliphatic rings. The Morgan fingerprint density at radius 3 is 2.32 bits per heavy atom. The van der Waals surface area contributed by atoms with E-state index in [0.29, 0.717) is 11.3 Å². The second-order valence-electron chi connectivity index (χ2n) is 5.25. The van der Waals surface area contributed by atoms with Crippen LogP contribution in [-0.4, -0.2) is 22.2 Å². The molecule has 3 N–H and O–H groups in total. The van der Waals surface area contributed by atoms with E-state index in [2.05, 4.69) is 10.5 Å². The molecule has 7 nitrogen and oxygen atoms in total. The summed E-state index contributed by atoms with van der Waals surface area (Å²) >= 11 is 0. The van der Waals surface area contributed by atoms with E-state index in [9.17, 15) is 9.59 Å². The van der Waals surface area contributed by atoms with Crippen LogP contribution in [0, 0.1) is 0 Å². The maximum Gasteiger partial charge on any atom is 0.313 e. The minimum Gasteiger partial charge on any atom is -0.351 e. The highest BCUT2D eigenvalue weighted by Gasteiger charge is 2.13. The summed E-state index contributed by atoms with van der Waals surface area (Å²) < 4.78 is 4.75. The highest BCUT2D eigenvalue weighted by molar-refractivity contribution is 5.94. The second-order valence-corrected chi connectivity index (χ2v) is 5.25. The molecule has 0 saturated heterocycles. The van der Waals surface area contributed by atoms with Gasteiger partial charge in [-0.25, -0.2) is 5.48 Å². The lowest BCUT2D eigenvalue weighted by Crippen LogP contribution is -2.23. The van der Waals surface area contributed by atoms with E-state index in [0.717, 1.165) is 11.1 Å². The van der Waals surface area contributed by atoms with Crippen LogP contribution in [-0.2, 0) is 6.54 Å². The van der Waals surface area contributed by atoms with Gasteiger partial charge in [0.1, 0.15) is 5.69 Å². The molecule has 0 unspecified atom stereocenters. The Morgan fingerprint density at radius 2 is 1.64 bits per heavy atom.